The molecule has 0 aliphatic heterocycles. The highest BCUT2D eigenvalue weighted by Gasteiger charge is 2.22. The molecule has 0 heterocycles. The monoisotopic (exact) mass is 227 g/mol. The van der Waals surface area contributed by atoms with Gasteiger partial charge in [-0.2, -0.15) is 0 Å². The normalized spacial score (nSPS) is 15.1. The van der Waals surface area contributed by atoms with E-state index in [1.54, 1.807) is 0 Å². The number of hydrogen-bond donors (Lipinski definition) is 1. The fraction of sp³-hybridized carbons (Fsp3) is 0.538. The zero-order chi connectivity index (χ0) is 12.0. The highest BCUT2D eigenvalue weighted by Crippen LogP contribution is 2.22. The maximum Gasteiger partial charge on any atom is 0.253 e. The predicted molar refractivity (Wildman–Crippen MR) is 62.9 cm³/mol. The average molecular weight is 227 g/mol. The van der Waals surface area contributed by atoms with Crippen molar-refractivity contribution in [2.45, 2.75) is 38.7 Å². The van der Waals surface area contributed by atoms with Crippen molar-refractivity contribution < 1.29 is 8.78 Å². The molecule has 0 aromatic heterocycles. The molecule has 1 aromatic carbocycles. The highest BCUT2D eigenvalue weighted by atomic mass is 19.3. The third-order valence-electron chi connectivity index (χ3n) is 2.75. The maximum absolute atomic E-state index is 12.7. The van der Waals surface area contributed by atoms with Gasteiger partial charge in [-0.15, -0.1) is 0 Å². The second kappa shape index (κ2) is 6.59. The molecule has 1 aromatic rings. The summed E-state index contributed by atoms with van der Waals surface area (Å²) in [5.74, 6) is 0.152. The minimum absolute atomic E-state index is 0.152. The second-order valence-electron chi connectivity index (χ2n) is 4.05. The van der Waals surface area contributed by atoms with Crippen LogP contribution in [0.5, 0.6) is 0 Å². The minimum atomic E-state index is -2.30. The smallest absolute Gasteiger partial charge is 0.253 e. The van der Waals surface area contributed by atoms with Gasteiger partial charge in [-0.3, -0.25) is 0 Å². The topological polar surface area (TPSA) is 12.0 Å². The van der Waals surface area contributed by atoms with E-state index >= 15 is 0 Å². The number of benzene rings is 1. The van der Waals surface area contributed by atoms with Gasteiger partial charge in [0.25, 0.3) is 6.43 Å². The molecule has 0 bridgehead atoms. The van der Waals surface area contributed by atoms with E-state index in [-0.39, 0.29) is 5.92 Å². The number of hydrogen-bond acceptors (Lipinski definition) is 1. The van der Waals surface area contributed by atoms with Crippen LogP contribution in [-0.4, -0.2) is 19.0 Å². The van der Waals surface area contributed by atoms with E-state index in [4.69, 9.17) is 0 Å². The highest BCUT2D eigenvalue weighted by molar-refractivity contribution is 5.18. The van der Waals surface area contributed by atoms with E-state index in [0.29, 0.717) is 13.0 Å². The molecule has 2 atom stereocenters. The summed E-state index contributed by atoms with van der Waals surface area (Å²) in [7, 11) is 0. The maximum atomic E-state index is 12.7. The average Bonchev–Trinajstić information content (AvgIpc) is 2.29. The summed E-state index contributed by atoms with van der Waals surface area (Å²) in [5.41, 5.74) is 1.12. The van der Waals surface area contributed by atoms with Gasteiger partial charge >= 0.3 is 0 Å². The van der Waals surface area contributed by atoms with E-state index in [0.717, 1.165) is 5.56 Å². The van der Waals surface area contributed by atoms with Gasteiger partial charge in [0.15, 0.2) is 0 Å². The van der Waals surface area contributed by atoms with Gasteiger partial charge in [0.2, 0.25) is 0 Å². The predicted octanol–water partition coefficient (Wildman–Crippen LogP) is 3.42. The lowest BCUT2D eigenvalue weighted by molar-refractivity contribution is 0.0921. The van der Waals surface area contributed by atoms with Gasteiger partial charge in [0.05, 0.1) is 6.04 Å². The lowest BCUT2D eigenvalue weighted by Gasteiger charge is -2.21. The summed E-state index contributed by atoms with van der Waals surface area (Å²) in [6.07, 6.45) is -1.83. The number of halogens is 2. The van der Waals surface area contributed by atoms with Gasteiger partial charge in [-0.25, -0.2) is 8.78 Å². The number of alkyl halides is 2. The first-order valence-electron chi connectivity index (χ1n) is 5.71. The Balaban J connectivity index is 2.58. The molecule has 0 aliphatic carbocycles. The fourth-order valence-corrected chi connectivity index (χ4v) is 1.84. The van der Waals surface area contributed by atoms with Crippen LogP contribution in [0.2, 0.25) is 0 Å². The Morgan fingerprint density at radius 2 is 1.81 bits per heavy atom. The van der Waals surface area contributed by atoms with E-state index in [2.05, 4.69) is 5.32 Å². The van der Waals surface area contributed by atoms with Crippen molar-refractivity contribution in [3.8, 4) is 0 Å². The van der Waals surface area contributed by atoms with Crippen LogP contribution in [-0.2, 0) is 0 Å². The van der Waals surface area contributed by atoms with Crippen molar-refractivity contribution in [2.24, 2.45) is 0 Å². The summed E-state index contributed by atoms with van der Waals surface area (Å²) in [6, 6.07) is 9.08. The van der Waals surface area contributed by atoms with Crippen molar-refractivity contribution in [3.63, 3.8) is 0 Å². The molecular formula is C13H19F2N. The summed E-state index contributed by atoms with van der Waals surface area (Å²) in [5, 5.41) is 2.83. The minimum Gasteiger partial charge on any atom is -0.309 e. The van der Waals surface area contributed by atoms with E-state index in [1.807, 2.05) is 44.2 Å². The Labute approximate surface area is 95.9 Å². The van der Waals surface area contributed by atoms with Crippen LogP contribution < -0.4 is 5.32 Å². The summed E-state index contributed by atoms with van der Waals surface area (Å²) < 4.78 is 25.4. The van der Waals surface area contributed by atoms with Crippen molar-refractivity contribution in [1.29, 1.82) is 0 Å². The SMILES string of the molecule is CCNC(CC(C)c1ccccc1)C(F)F. The largest absolute Gasteiger partial charge is 0.309 e. The molecule has 0 radical (unpaired) electrons. The van der Waals surface area contributed by atoms with Gasteiger partial charge in [-0.05, 0) is 24.4 Å². The molecular weight excluding hydrogens is 208 g/mol. The molecule has 0 saturated heterocycles. The molecule has 3 heteroatoms. The van der Waals surface area contributed by atoms with Crippen molar-refractivity contribution >= 4 is 0 Å². The third-order valence-corrected chi connectivity index (χ3v) is 2.75. The van der Waals surface area contributed by atoms with Gasteiger partial charge in [0.1, 0.15) is 0 Å². The van der Waals surface area contributed by atoms with Crippen molar-refractivity contribution in [2.75, 3.05) is 6.54 Å². The molecule has 0 saturated carbocycles. The first-order valence-corrected chi connectivity index (χ1v) is 5.71. The van der Waals surface area contributed by atoms with Crippen LogP contribution in [0.25, 0.3) is 0 Å². The van der Waals surface area contributed by atoms with E-state index in [1.165, 1.54) is 0 Å². The van der Waals surface area contributed by atoms with Crippen LogP contribution in [0.1, 0.15) is 31.7 Å². The quantitative estimate of drug-likeness (QED) is 0.785. The molecule has 90 valence electrons. The number of nitrogens with one attached hydrogen (secondary N) is 1. The van der Waals surface area contributed by atoms with Crippen molar-refractivity contribution in [3.05, 3.63) is 35.9 Å². The van der Waals surface area contributed by atoms with Crippen LogP contribution >= 0.6 is 0 Å². The lowest BCUT2D eigenvalue weighted by Crippen LogP contribution is -2.36. The first kappa shape index (κ1) is 13.1. The Kier molecular flexibility index (Phi) is 5.39. The van der Waals surface area contributed by atoms with Crippen LogP contribution in [0.3, 0.4) is 0 Å². The summed E-state index contributed by atoms with van der Waals surface area (Å²) >= 11 is 0. The summed E-state index contributed by atoms with van der Waals surface area (Å²) in [6.45, 7) is 4.42. The molecule has 2 unspecified atom stereocenters. The van der Waals surface area contributed by atoms with Crippen LogP contribution in [0, 0.1) is 0 Å². The fourth-order valence-electron chi connectivity index (χ4n) is 1.84. The van der Waals surface area contributed by atoms with Crippen LogP contribution in [0.15, 0.2) is 30.3 Å². The van der Waals surface area contributed by atoms with E-state index < -0.39 is 12.5 Å². The molecule has 0 aliphatic rings. The van der Waals surface area contributed by atoms with Gasteiger partial charge in [0, 0.05) is 0 Å². The molecule has 1 N–H and O–H groups in total. The molecule has 1 nitrogen and oxygen atoms in total. The Bertz CT molecular complexity index is 287. The van der Waals surface area contributed by atoms with Gasteiger partial charge in [-0.1, -0.05) is 44.2 Å². The Morgan fingerprint density at radius 3 is 2.31 bits per heavy atom. The second-order valence-corrected chi connectivity index (χ2v) is 4.05. The molecule has 16 heavy (non-hydrogen) atoms. The standard InChI is InChI=1S/C13H19F2N/c1-3-16-12(13(14)15)9-10(2)11-7-5-4-6-8-11/h4-8,10,12-13,16H,3,9H2,1-2H3. The Hall–Kier alpha value is -0.960. The van der Waals surface area contributed by atoms with Crippen molar-refractivity contribution in [1.82, 2.24) is 5.32 Å². The molecule has 0 amide bonds. The molecule has 0 fully saturated rings. The lowest BCUT2D eigenvalue weighted by atomic mass is 9.94. The number of rotatable bonds is 6. The summed E-state index contributed by atoms with van der Waals surface area (Å²) in [4.78, 5) is 0. The Morgan fingerprint density at radius 1 is 1.19 bits per heavy atom. The third kappa shape index (κ3) is 3.89. The molecule has 0 spiro atoms. The van der Waals surface area contributed by atoms with E-state index in [9.17, 15) is 8.78 Å². The van der Waals surface area contributed by atoms with Crippen LogP contribution in [0.4, 0.5) is 8.78 Å². The first-order chi connectivity index (χ1) is 7.65. The molecule has 1 rings (SSSR count). The zero-order valence-corrected chi connectivity index (χ0v) is 9.79. The van der Waals surface area contributed by atoms with Gasteiger partial charge < -0.3 is 5.32 Å². The zero-order valence-electron chi connectivity index (χ0n) is 9.79.